The zero-order valence-electron chi connectivity index (χ0n) is 49.2. The largest absolute Gasteiger partial charge is 0.391 e. The number of aliphatic hydroxyl groups excluding tert-OH is 1. The predicted molar refractivity (Wildman–Crippen MR) is 324 cm³/mol. The molecule has 4 aliphatic heterocycles. The van der Waals surface area contributed by atoms with E-state index in [0.717, 1.165) is 108 Å². The summed E-state index contributed by atoms with van der Waals surface area (Å²) in [6.07, 6.45) is 6.11. The number of fused-ring (bicyclic) bond motifs is 1. The van der Waals surface area contributed by atoms with Crippen molar-refractivity contribution in [1.82, 2.24) is 54.8 Å². The van der Waals surface area contributed by atoms with Crippen molar-refractivity contribution >= 4 is 45.9 Å². The molecule has 3 amide bonds. The van der Waals surface area contributed by atoms with Crippen LogP contribution in [0.15, 0.2) is 106 Å². The lowest BCUT2D eigenvalue weighted by molar-refractivity contribution is -0.141. The summed E-state index contributed by atoms with van der Waals surface area (Å²) < 4.78 is 9.12. The molecule has 7 aromatic rings. The Balaban J connectivity index is 0.623. The van der Waals surface area contributed by atoms with Gasteiger partial charge in [-0.2, -0.15) is 5.10 Å². The summed E-state index contributed by atoms with van der Waals surface area (Å²) in [7, 11) is 1.82. The van der Waals surface area contributed by atoms with E-state index in [1.165, 1.54) is 15.8 Å². The minimum atomic E-state index is -1.15. The first-order valence-corrected chi connectivity index (χ1v) is 30.9. The molecule has 4 aromatic heterocycles. The number of aromatic nitrogens is 6. The molecule has 5 atom stereocenters. The predicted octanol–water partition coefficient (Wildman–Crippen LogP) is 7.57. The average molecular weight is 1160 g/mol. The topological polar surface area (TPSA) is 220 Å². The van der Waals surface area contributed by atoms with Crippen LogP contribution in [0.1, 0.15) is 125 Å². The van der Waals surface area contributed by atoms with E-state index >= 15 is 0 Å². The standard InChI is InChI=1S/C64H80N12O7S/c1-40(2)56(62(80)76-36-51(77)33-52(76)61(79)68-42(4)46-16-18-48(19-17-46)60-43(5)67-39-84-60)53-34-54(70-83-53)73-28-22-50(23-29-73)72-26-20-49(21-27-72)65-35-44-12-14-47(15-13-44)59-57-58(69-71(59)6)63(81)75(38-66-57)37-64(82)24-30-74(31-25-64)55(78)32-41(3)45-10-8-7-9-11-45/h7-19,34,38-42,49-52,56,65,77,82H,20-33,35-37H2,1-6H3,(H,68,79)/t41-,42+,51-,52+,56-/m1/s1. The Morgan fingerprint density at radius 1 is 0.845 bits per heavy atom. The number of aliphatic hydroxyl groups is 2. The number of hydrogen-bond acceptors (Lipinski definition) is 15. The van der Waals surface area contributed by atoms with Gasteiger partial charge in [0.25, 0.3) is 5.56 Å². The number of nitrogens with one attached hydrogen (secondary N) is 2. The van der Waals surface area contributed by atoms with Gasteiger partial charge in [-0.25, -0.2) is 9.97 Å². The molecule has 8 heterocycles. The summed E-state index contributed by atoms with van der Waals surface area (Å²) in [6, 6.07) is 28.1. The molecule has 4 aliphatic rings. The number of anilines is 1. The van der Waals surface area contributed by atoms with Gasteiger partial charge in [0, 0.05) is 82.9 Å². The summed E-state index contributed by atoms with van der Waals surface area (Å²) in [5, 5.41) is 38.4. The molecule has 20 heteroatoms. The molecule has 19 nitrogen and oxygen atoms in total. The fourth-order valence-corrected chi connectivity index (χ4v) is 13.9. The Kier molecular flexibility index (Phi) is 17.6. The maximum absolute atomic E-state index is 14.4. The highest BCUT2D eigenvalue weighted by molar-refractivity contribution is 7.13. The smallest absolute Gasteiger partial charge is 0.281 e. The van der Waals surface area contributed by atoms with Crippen LogP contribution >= 0.6 is 11.3 Å². The molecule has 3 aromatic carbocycles. The fraction of sp³-hybridized carbons (Fsp3) is 0.500. The Morgan fingerprint density at radius 3 is 2.23 bits per heavy atom. The fourth-order valence-electron chi connectivity index (χ4n) is 13.1. The molecule has 0 spiro atoms. The number of carbonyl (C=O) groups excluding carboxylic acids is 3. The van der Waals surface area contributed by atoms with E-state index in [0.29, 0.717) is 55.7 Å². The normalized spacial score (nSPS) is 20.2. The molecule has 84 heavy (non-hydrogen) atoms. The Labute approximate surface area is 495 Å². The van der Waals surface area contributed by atoms with Gasteiger partial charge in [-0.15, -0.1) is 11.3 Å². The van der Waals surface area contributed by atoms with Crippen molar-refractivity contribution in [3.05, 3.63) is 135 Å². The van der Waals surface area contributed by atoms with Crippen LogP contribution in [0, 0.1) is 12.8 Å². The lowest BCUT2D eigenvalue weighted by atomic mass is 9.90. The Bertz CT molecular complexity index is 3460. The summed E-state index contributed by atoms with van der Waals surface area (Å²) in [5.41, 5.74) is 8.11. The third kappa shape index (κ3) is 12.8. The van der Waals surface area contributed by atoms with Crippen LogP contribution in [0.2, 0.25) is 0 Å². The van der Waals surface area contributed by atoms with Crippen LogP contribution in [0.5, 0.6) is 0 Å². The number of nitrogens with zero attached hydrogens (tertiary/aromatic N) is 10. The highest BCUT2D eigenvalue weighted by atomic mass is 32.1. The second-order valence-electron chi connectivity index (χ2n) is 24.4. The van der Waals surface area contributed by atoms with Gasteiger partial charge in [-0.1, -0.05) is 105 Å². The Hall–Kier alpha value is -7.10. The maximum Gasteiger partial charge on any atom is 0.281 e. The van der Waals surface area contributed by atoms with Gasteiger partial charge >= 0.3 is 0 Å². The van der Waals surface area contributed by atoms with Crippen LogP contribution in [0.3, 0.4) is 0 Å². The number of piperidine rings is 3. The van der Waals surface area contributed by atoms with E-state index < -0.39 is 23.7 Å². The molecule has 0 bridgehead atoms. The molecular formula is C64H80N12O7S. The van der Waals surface area contributed by atoms with E-state index in [4.69, 9.17) is 9.51 Å². The SMILES string of the molecule is Cc1ncsc1-c1ccc([C@H](C)NC(=O)[C@@H]2C[C@@H](O)CN2C(=O)[C@@H](c2cc(N3CCC(N4CCC(NCc5ccc(-c6c7ncn(CC8(O)CCN(C(=O)C[C@@H](C)c9ccccc9)CC8)c(=O)c7nn6C)cc5)CC4)CC3)no2)C(C)C)cc1. The molecule has 0 aliphatic carbocycles. The molecule has 444 valence electrons. The van der Waals surface area contributed by atoms with Gasteiger partial charge in [-0.05, 0) is 99.6 Å². The summed E-state index contributed by atoms with van der Waals surface area (Å²) in [5.74, 6) is 0.00466. The monoisotopic (exact) mass is 1160 g/mol. The number of rotatable bonds is 18. The summed E-state index contributed by atoms with van der Waals surface area (Å²) >= 11 is 1.60. The lowest BCUT2D eigenvalue weighted by Gasteiger charge is -2.42. The molecule has 0 radical (unpaired) electrons. The zero-order valence-corrected chi connectivity index (χ0v) is 50.0. The molecule has 4 fully saturated rings. The maximum atomic E-state index is 14.4. The molecule has 4 saturated heterocycles. The van der Waals surface area contributed by atoms with Crippen LogP contribution in [0.4, 0.5) is 5.82 Å². The number of benzene rings is 3. The van der Waals surface area contributed by atoms with Crippen LogP contribution < -0.4 is 21.1 Å². The highest BCUT2D eigenvalue weighted by Crippen LogP contribution is 2.36. The molecule has 0 saturated carbocycles. The van der Waals surface area contributed by atoms with Crippen molar-refractivity contribution in [1.29, 1.82) is 0 Å². The van der Waals surface area contributed by atoms with Gasteiger partial charge in [0.05, 0.1) is 52.4 Å². The van der Waals surface area contributed by atoms with Crippen molar-refractivity contribution in [2.24, 2.45) is 13.0 Å². The first-order valence-electron chi connectivity index (χ1n) is 30.0. The molecular weight excluding hydrogens is 1080 g/mol. The van der Waals surface area contributed by atoms with E-state index in [-0.39, 0.29) is 66.2 Å². The molecule has 0 unspecified atom stereocenters. The number of thiazole rings is 1. The van der Waals surface area contributed by atoms with Gasteiger partial charge in [-0.3, -0.25) is 28.4 Å². The van der Waals surface area contributed by atoms with Gasteiger partial charge in [0.15, 0.2) is 17.1 Å². The van der Waals surface area contributed by atoms with Crippen LogP contribution in [0.25, 0.3) is 32.7 Å². The van der Waals surface area contributed by atoms with Crippen molar-refractivity contribution in [3.8, 4) is 21.7 Å². The quantitative estimate of drug-likeness (QED) is 0.0652. The summed E-state index contributed by atoms with van der Waals surface area (Å²) in [4.78, 5) is 73.7. The minimum absolute atomic E-state index is 0.0733. The number of aryl methyl sites for hydroxylation is 2. The van der Waals surface area contributed by atoms with E-state index in [9.17, 15) is 29.4 Å². The number of β-amino-alcohol motifs (C(OH)–C–C–N with tert-alkyl or cyclic N) is 1. The lowest BCUT2D eigenvalue weighted by Crippen LogP contribution is -2.50. The minimum Gasteiger partial charge on any atom is -0.391 e. The van der Waals surface area contributed by atoms with Gasteiger partial charge in [0.1, 0.15) is 17.5 Å². The third-order valence-corrected chi connectivity index (χ3v) is 19.2. The van der Waals surface area contributed by atoms with Crippen molar-refractivity contribution < 1.29 is 29.1 Å². The van der Waals surface area contributed by atoms with Crippen LogP contribution in [-0.4, -0.2) is 148 Å². The van der Waals surface area contributed by atoms with E-state index in [1.807, 2.05) is 106 Å². The molecule has 4 N–H and O–H groups in total. The van der Waals surface area contributed by atoms with Crippen molar-refractivity contribution in [2.75, 3.05) is 50.7 Å². The number of carbonyl (C=O) groups is 3. The first-order chi connectivity index (χ1) is 40.5. The average Bonchev–Trinajstić information content (AvgIpc) is 2.40. The third-order valence-electron chi connectivity index (χ3n) is 18.2. The molecule has 11 rings (SSSR count). The second-order valence-corrected chi connectivity index (χ2v) is 25.3. The Morgan fingerprint density at radius 2 is 1.55 bits per heavy atom. The number of likely N-dealkylation sites (tertiary alicyclic amines) is 3. The number of hydrogen-bond donors (Lipinski definition) is 4. The van der Waals surface area contributed by atoms with Crippen molar-refractivity contribution in [3.63, 3.8) is 0 Å². The highest BCUT2D eigenvalue weighted by Gasteiger charge is 2.44. The van der Waals surface area contributed by atoms with E-state index in [2.05, 4.69) is 66.9 Å². The van der Waals surface area contributed by atoms with Gasteiger partial charge in [0.2, 0.25) is 17.7 Å². The van der Waals surface area contributed by atoms with Crippen molar-refractivity contribution in [2.45, 2.75) is 147 Å². The second kappa shape index (κ2) is 25.2. The summed E-state index contributed by atoms with van der Waals surface area (Å²) in [6.45, 7) is 15.4. The van der Waals surface area contributed by atoms with Crippen LogP contribution in [-0.2, 0) is 34.5 Å². The zero-order chi connectivity index (χ0) is 58.8. The van der Waals surface area contributed by atoms with Gasteiger partial charge < -0.3 is 45.0 Å². The number of amides is 3. The van der Waals surface area contributed by atoms with E-state index in [1.54, 1.807) is 16.0 Å². The first kappa shape index (κ1) is 58.7.